The van der Waals surface area contributed by atoms with E-state index in [-0.39, 0.29) is 6.17 Å². The summed E-state index contributed by atoms with van der Waals surface area (Å²) >= 11 is 0. The molecule has 1 fully saturated rings. The molecule has 3 aliphatic rings. The van der Waals surface area contributed by atoms with E-state index in [2.05, 4.69) is 38.9 Å². The molecule has 5 rings (SSSR count). The van der Waals surface area contributed by atoms with Crippen molar-refractivity contribution < 1.29 is 18.4 Å². The van der Waals surface area contributed by atoms with Gasteiger partial charge in [0.1, 0.15) is 12.2 Å². The maximum Gasteiger partial charge on any atom is 0.268 e. The maximum absolute atomic E-state index is 13.7. The molecule has 0 aliphatic carbocycles. The highest BCUT2D eigenvalue weighted by Crippen LogP contribution is 2.31. The molecule has 1 aromatic carbocycles. The molecule has 0 spiro atoms. The van der Waals surface area contributed by atoms with Crippen LogP contribution in [0.2, 0.25) is 0 Å². The molecule has 4 heterocycles. The number of alkyl halides is 2. The highest BCUT2D eigenvalue weighted by Gasteiger charge is 2.47. The normalized spacial score (nSPS) is 21.9. The number of rotatable bonds is 5. The molecule has 37 heavy (non-hydrogen) atoms. The van der Waals surface area contributed by atoms with Gasteiger partial charge in [-0.3, -0.25) is 14.6 Å². The summed E-state index contributed by atoms with van der Waals surface area (Å²) in [5.41, 5.74) is 3.86. The van der Waals surface area contributed by atoms with Crippen LogP contribution in [0.25, 0.3) is 17.0 Å². The lowest BCUT2D eigenvalue weighted by Crippen LogP contribution is -2.43. The molecule has 2 atom stereocenters. The first-order chi connectivity index (χ1) is 17.7. The largest absolute Gasteiger partial charge is 0.366 e. The fourth-order valence-corrected chi connectivity index (χ4v) is 4.65. The number of aromatic nitrogens is 1. The number of nitrogens with zero attached hydrogens (tertiary/aromatic N) is 4. The molecular weight excluding hydrogens is 478 g/mol. The number of amides is 2. The third-order valence-corrected chi connectivity index (χ3v) is 6.57. The fourth-order valence-electron chi connectivity index (χ4n) is 4.65. The van der Waals surface area contributed by atoms with E-state index in [0.29, 0.717) is 16.5 Å². The van der Waals surface area contributed by atoms with Gasteiger partial charge in [-0.2, -0.15) is 5.26 Å². The van der Waals surface area contributed by atoms with Crippen molar-refractivity contribution in [3.63, 3.8) is 0 Å². The monoisotopic (exact) mass is 502 g/mol. The summed E-state index contributed by atoms with van der Waals surface area (Å²) in [7, 11) is 0. The predicted molar refractivity (Wildman–Crippen MR) is 134 cm³/mol. The van der Waals surface area contributed by atoms with Gasteiger partial charge < -0.3 is 20.4 Å². The van der Waals surface area contributed by atoms with Crippen molar-refractivity contribution >= 4 is 28.8 Å². The highest BCUT2D eigenvalue weighted by molar-refractivity contribution is 6.07. The summed E-state index contributed by atoms with van der Waals surface area (Å²) in [6.45, 7) is 0.688. The number of carbonyl (C=O) groups is 2. The van der Waals surface area contributed by atoms with E-state index in [4.69, 9.17) is 5.26 Å². The lowest BCUT2D eigenvalue weighted by atomic mass is 10.0. The van der Waals surface area contributed by atoms with Crippen LogP contribution in [0.15, 0.2) is 72.4 Å². The van der Waals surface area contributed by atoms with E-state index in [1.165, 1.54) is 6.20 Å². The Morgan fingerprint density at radius 3 is 3.00 bits per heavy atom. The van der Waals surface area contributed by atoms with Crippen LogP contribution in [0.3, 0.4) is 0 Å². The summed E-state index contributed by atoms with van der Waals surface area (Å²) in [5, 5.41) is 15.4. The number of pyridine rings is 1. The molecule has 1 saturated heterocycles. The molecule has 3 aliphatic heterocycles. The van der Waals surface area contributed by atoms with E-state index >= 15 is 0 Å². The standard InChI is InChI=1S/C27H24F2N6O2/c1-17(19-3-5-24-32-8-9-34(24)15-19)10-18-2-4-23-22(11-18)21(6-7-31-23)26(37)33-14-25(36)35-16-27(28,29)12-20(35)13-30/h2-11,15,20,24,32H,12,14,16H2,1H3,(H,33,37)/b17-10+/t20-,24?/m0/s1. The van der Waals surface area contributed by atoms with E-state index in [1.807, 2.05) is 43.6 Å². The number of nitrogens with one attached hydrogen (secondary N) is 2. The second-order valence-electron chi connectivity index (χ2n) is 9.19. The van der Waals surface area contributed by atoms with Crippen LogP contribution in [-0.2, 0) is 4.79 Å². The Hall–Kier alpha value is -4.52. The van der Waals surface area contributed by atoms with Crippen molar-refractivity contribution in [3.8, 4) is 6.07 Å². The highest BCUT2D eigenvalue weighted by atomic mass is 19.3. The summed E-state index contributed by atoms with van der Waals surface area (Å²) in [6.07, 6.45) is 13.0. The van der Waals surface area contributed by atoms with Gasteiger partial charge in [-0.15, -0.1) is 0 Å². The van der Waals surface area contributed by atoms with Crippen molar-refractivity contribution in [3.05, 3.63) is 83.5 Å². The maximum atomic E-state index is 13.7. The molecule has 1 aromatic heterocycles. The molecule has 2 N–H and O–H groups in total. The van der Waals surface area contributed by atoms with Gasteiger partial charge in [-0.1, -0.05) is 18.2 Å². The summed E-state index contributed by atoms with van der Waals surface area (Å²) in [5.74, 6) is -4.37. The van der Waals surface area contributed by atoms with Gasteiger partial charge in [0.25, 0.3) is 11.8 Å². The van der Waals surface area contributed by atoms with Crippen LogP contribution < -0.4 is 10.6 Å². The smallest absolute Gasteiger partial charge is 0.268 e. The Balaban J connectivity index is 1.33. The topological polar surface area (TPSA) is 101 Å². The molecule has 2 amide bonds. The number of fused-ring (bicyclic) bond motifs is 2. The van der Waals surface area contributed by atoms with Gasteiger partial charge in [0, 0.05) is 36.6 Å². The number of carbonyl (C=O) groups excluding carboxylic acids is 2. The van der Waals surface area contributed by atoms with Gasteiger partial charge in [0.05, 0.1) is 30.2 Å². The first kappa shape index (κ1) is 24.2. The van der Waals surface area contributed by atoms with Crippen molar-refractivity contribution in [2.45, 2.75) is 31.5 Å². The van der Waals surface area contributed by atoms with Gasteiger partial charge in [0.15, 0.2) is 0 Å². The van der Waals surface area contributed by atoms with E-state index < -0.39 is 43.3 Å². The van der Waals surface area contributed by atoms with Gasteiger partial charge in [-0.25, -0.2) is 8.78 Å². The number of benzene rings is 1. The Morgan fingerprint density at radius 1 is 1.35 bits per heavy atom. The third-order valence-electron chi connectivity index (χ3n) is 6.57. The SMILES string of the molecule is C/C(=C\c1ccc2nccc(C(=O)NCC(=O)N3CC(F)(F)C[C@H]3C#N)c2c1)C1=CN2C=CNC2C=C1. The predicted octanol–water partition coefficient (Wildman–Crippen LogP) is 3.28. The molecule has 8 nitrogen and oxygen atoms in total. The first-order valence-electron chi connectivity index (χ1n) is 11.8. The number of hydrogen-bond donors (Lipinski definition) is 2. The minimum Gasteiger partial charge on any atom is -0.366 e. The summed E-state index contributed by atoms with van der Waals surface area (Å²) < 4.78 is 27.4. The van der Waals surface area contributed by atoms with E-state index in [0.717, 1.165) is 21.6 Å². The van der Waals surface area contributed by atoms with Crippen LogP contribution in [0.1, 0.15) is 29.3 Å². The van der Waals surface area contributed by atoms with Crippen molar-refractivity contribution in [2.24, 2.45) is 0 Å². The van der Waals surface area contributed by atoms with Crippen LogP contribution in [0.5, 0.6) is 0 Å². The third kappa shape index (κ3) is 4.93. The Kier molecular flexibility index (Phi) is 6.21. The second-order valence-corrected chi connectivity index (χ2v) is 9.19. The first-order valence-corrected chi connectivity index (χ1v) is 11.8. The van der Waals surface area contributed by atoms with Gasteiger partial charge in [0.2, 0.25) is 5.91 Å². The van der Waals surface area contributed by atoms with Crippen molar-refractivity contribution in [1.29, 1.82) is 5.26 Å². The summed E-state index contributed by atoms with van der Waals surface area (Å²) in [6, 6.07) is 7.64. The number of halogens is 2. The quantitative estimate of drug-likeness (QED) is 0.651. The van der Waals surface area contributed by atoms with Crippen LogP contribution in [0.4, 0.5) is 8.78 Å². The van der Waals surface area contributed by atoms with Crippen LogP contribution in [0, 0.1) is 11.3 Å². The molecule has 188 valence electrons. The average molecular weight is 503 g/mol. The number of likely N-dealkylation sites (tertiary alicyclic amines) is 1. The number of allylic oxidation sites excluding steroid dienone is 3. The van der Waals surface area contributed by atoms with E-state index in [9.17, 15) is 18.4 Å². The average Bonchev–Trinajstić information content (AvgIpc) is 3.49. The zero-order valence-corrected chi connectivity index (χ0v) is 20.0. The molecule has 1 unspecified atom stereocenters. The number of nitriles is 1. The number of hydrogen-bond acceptors (Lipinski definition) is 6. The van der Waals surface area contributed by atoms with Gasteiger partial charge in [-0.05, 0) is 47.9 Å². The lowest BCUT2D eigenvalue weighted by molar-refractivity contribution is -0.131. The van der Waals surface area contributed by atoms with Crippen LogP contribution in [-0.4, -0.2) is 57.8 Å². The molecule has 0 radical (unpaired) electrons. The second kappa shape index (κ2) is 9.50. The molecule has 0 bridgehead atoms. The minimum atomic E-state index is -3.11. The summed E-state index contributed by atoms with van der Waals surface area (Å²) in [4.78, 5) is 32.7. The fraction of sp³-hybridized carbons (Fsp3) is 0.259. The zero-order valence-electron chi connectivity index (χ0n) is 20.0. The van der Waals surface area contributed by atoms with Crippen molar-refractivity contribution in [2.75, 3.05) is 13.1 Å². The minimum absolute atomic E-state index is 0.129. The molecule has 2 aromatic rings. The zero-order chi connectivity index (χ0) is 26.2. The Bertz CT molecular complexity index is 1440. The molecule has 10 heteroatoms. The van der Waals surface area contributed by atoms with Gasteiger partial charge >= 0.3 is 0 Å². The lowest BCUT2D eigenvalue weighted by Gasteiger charge is -2.24. The Labute approximate surface area is 212 Å². The molecule has 0 saturated carbocycles. The van der Waals surface area contributed by atoms with E-state index in [1.54, 1.807) is 12.1 Å². The van der Waals surface area contributed by atoms with Crippen molar-refractivity contribution in [1.82, 2.24) is 25.4 Å². The molecular formula is C27H24F2N6O2. The Morgan fingerprint density at radius 2 is 2.19 bits per heavy atom. The van der Waals surface area contributed by atoms with Crippen LogP contribution >= 0.6 is 0 Å².